The minimum absolute atomic E-state index is 0.260. The molecule has 0 bridgehead atoms. The molecule has 0 N–H and O–H groups in total. The third-order valence-electron chi connectivity index (χ3n) is 4.50. The summed E-state index contributed by atoms with van der Waals surface area (Å²) in [5, 5.41) is 1.20. The first kappa shape index (κ1) is 19.2. The molecule has 0 fully saturated rings. The Balaban J connectivity index is 2.42. The largest absolute Gasteiger partial charge is 0.496 e. The Kier molecular flexibility index (Phi) is 5.36. The molecule has 0 aliphatic heterocycles. The molecule has 0 aliphatic carbocycles. The fourth-order valence-electron chi connectivity index (χ4n) is 2.74. The van der Waals surface area contributed by atoms with Crippen LogP contribution in [0.4, 0.5) is 0 Å². The molecule has 2 heterocycles. The molecule has 0 amide bonds. The van der Waals surface area contributed by atoms with Crippen molar-refractivity contribution in [3.63, 3.8) is 0 Å². The SMILES string of the molecule is CC[C@@H](C)Sc1nc(-c2ccccc2OC)nc2c1c(=O)n(C)c(=O)n2C. The van der Waals surface area contributed by atoms with Crippen LogP contribution in [0.15, 0.2) is 38.9 Å². The second-order valence-electron chi connectivity index (χ2n) is 6.29. The quantitative estimate of drug-likeness (QED) is 0.495. The molecule has 1 atom stereocenters. The molecule has 0 radical (unpaired) electrons. The van der Waals surface area contributed by atoms with E-state index in [0.717, 1.165) is 11.0 Å². The summed E-state index contributed by atoms with van der Waals surface area (Å²) in [5.41, 5.74) is 0.230. The molecule has 1 aromatic carbocycles. The predicted molar refractivity (Wildman–Crippen MR) is 108 cm³/mol. The highest BCUT2D eigenvalue weighted by atomic mass is 32.2. The molecule has 0 spiro atoms. The van der Waals surface area contributed by atoms with Gasteiger partial charge < -0.3 is 4.74 Å². The monoisotopic (exact) mass is 386 g/mol. The van der Waals surface area contributed by atoms with Crippen molar-refractivity contribution < 1.29 is 4.74 Å². The zero-order valence-electron chi connectivity index (χ0n) is 16.0. The lowest BCUT2D eigenvalue weighted by Gasteiger charge is -2.15. The summed E-state index contributed by atoms with van der Waals surface area (Å²) < 4.78 is 7.91. The molecule has 0 saturated heterocycles. The summed E-state index contributed by atoms with van der Waals surface area (Å²) in [7, 11) is 4.66. The van der Waals surface area contributed by atoms with Crippen molar-refractivity contribution in [3.8, 4) is 17.1 Å². The van der Waals surface area contributed by atoms with Crippen molar-refractivity contribution in [2.45, 2.75) is 30.5 Å². The molecule has 0 aliphatic rings. The summed E-state index contributed by atoms with van der Waals surface area (Å²) in [4.78, 5) is 34.4. The van der Waals surface area contributed by atoms with E-state index in [4.69, 9.17) is 4.74 Å². The van der Waals surface area contributed by atoms with E-state index in [2.05, 4.69) is 23.8 Å². The number of aromatic nitrogens is 4. The lowest BCUT2D eigenvalue weighted by Crippen LogP contribution is -2.37. The van der Waals surface area contributed by atoms with Crippen LogP contribution in [-0.4, -0.2) is 31.5 Å². The Hall–Kier alpha value is -2.61. The fourth-order valence-corrected chi connectivity index (χ4v) is 3.72. The van der Waals surface area contributed by atoms with Gasteiger partial charge in [0.05, 0.1) is 12.7 Å². The predicted octanol–water partition coefficient (Wildman–Crippen LogP) is 2.59. The van der Waals surface area contributed by atoms with Gasteiger partial charge in [-0.3, -0.25) is 13.9 Å². The summed E-state index contributed by atoms with van der Waals surface area (Å²) in [6.07, 6.45) is 0.923. The van der Waals surface area contributed by atoms with Crippen LogP contribution in [0.3, 0.4) is 0 Å². The van der Waals surface area contributed by atoms with Gasteiger partial charge in [-0.2, -0.15) is 0 Å². The number of nitrogens with zero attached hydrogens (tertiary/aromatic N) is 4. The average Bonchev–Trinajstić information content (AvgIpc) is 2.69. The number of methoxy groups -OCH3 is 1. The van der Waals surface area contributed by atoms with Crippen LogP contribution in [0.5, 0.6) is 5.75 Å². The number of rotatable bonds is 5. The average molecular weight is 386 g/mol. The second kappa shape index (κ2) is 7.56. The fraction of sp³-hybridized carbons (Fsp3) is 0.368. The van der Waals surface area contributed by atoms with Crippen molar-refractivity contribution in [1.82, 2.24) is 19.1 Å². The Labute approximate surface area is 161 Å². The molecule has 3 rings (SSSR count). The lowest BCUT2D eigenvalue weighted by atomic mass is 10.2. The van der Waals surface area contributed by atoms with Gasteiger partial charge in [0.1, 0.15) is 16.2 Å². The maximum absolute atomic E-state index is 12.8. The number of fused-ring (bicyclic) bond motifs is 1. The number of para-hydroxylation sites is 1. The van der Waals surface area contributed by atoms with Crippen LogP contribution >= 0.6 is 11.8 Å². The van der Waals surface area contributed by atoms with E-state index < -0.39 is 5.69 Å². The van der Waals surface area contributed by atoms with Crippen LogP contribution < -0.4 is 16.0 Å². The van der Waals surface area contributed by atoms with E-state index in [0.29, 0.717) is 33.2 Å². The molecular weight excluding hydrogens is 364 g/mol. The van der Waals surface area contributed by atoms with Gasteiger partial charge in [-0.05, 0) is 18.6 Å². The van der Waals surface area contributed by atoms with Gasteiger partial charge in [0, 0.05) is 19.3 Å². The summed E-state index contributed by atoms with van der Waals surface area (Å²) in [5.74, 6) is 1.05. The molecule has 7 nitrogen and oxygen atoms in total. The molecule has 142 valence electrons. The summed E-state index contributed by atoms with van der Waals surface area (Å²) in [6, 6.07) is 7.42. The van der Waals surface area contributed by atoms with E-state index in [1.807, 2.05) is 24.3 Å². The molecule has 0 saturated carbocycles. The number of hydrogen-bond acceptors (Lipinski definition) is 6. The standard InChI is InChI=1S/C19H22N4O3S/c1-6-11(2)27-17-14-16(22(3)19(25)23(4)18(14)24)20-15(21-17)12-9-7-8-10-13(12)26-5/h7-11H,6H2,1-5H3/t11-/m1/s1. The van der Waals surface area contributed by atoms with E-state index >= 15 is 0 Å². The van der Waals surface area contributed by atoms with Gasteiger partial charge in [0.15, 0.2) is 11.5 Å². The molecular formula is C19H22N4O3S. The zero-order chi connectivity index (χ0) is 19.7. The smallest absolute Gasteiger partial charge is 0.332 e. The van der Waals surface area contributed by atoms with Crippen molar-refractivity contribution in [2.24, 2.45) is 14.1 Å². The highest BCUT2D eigenvalue weighted by Crippen LogP contribution is 2.32. The summed E-state index contributed by atoms with van der Waals surface area (Å²) >= 11 is 1.51. The van der Waals surface area contributed by atoms with Crippen LogP contribution in [-0.2, 0) is 14.1 Å². The third kappa shape index (κ3) is 3.37. The van der Waals surface area contributed by atoms with Gasteiger partial charge in [-0.15, -0.1) is 11.8 Å². The maximum Gasteiger partial charge on any atom is 0.332 e. The number of ether oxygens (including phenoxy) is 1. The number of thioether (sulfide) groups is 1. The molecule has 3 aromatic rings. The first-order valence-corrected chi connectivity index (χ1v) is 9.54. The summed E-state index contributed by atoms with van der Waals surface area (Å²) in [6.45, 7) is 4.16. The molecule has 2 aromatic heterocycles. The minimum Gasteiger partial charge on any atom is -0.496 e. The molecule has 0 unspecified atom stereocenters. The topological polar surface area (TPSA) is 79.0 Å². The number of hydrogen-bond donors (Lipinski definition) is 0. The Morgan fingerprint density at radius 2 is 1.85 bits per heavy atom. The maximum atomic E-state index is 12.8. The van der Waals surface area contributed by atoms with Gasteiger partial charge in [0.2, 0.25) is 0 Å². The highest BCUT2D eigenvalue weighted by Gasteiger charge is 2.20. The van der Waals surface area contributed by atoms with Gasteiger partial charge in [-0.1, -0.05) is 26.0 Å². The minimum atomic E-state index is -0.420. The Bertz CT molecular complexity index is 1120. The zero-order valence-corrected chi connectivity index (χ0v) is 16.8. The van der Waals surface area contributed by atoms with Crippen LogP contribution in [0, 0.1) is 0 Å². The number of aryl methyl sites for hydroxylation is 1. The van der Waals surface area contributed by atoms with Crippen molar-refractivity contribution in [3.05, 3.63) is 45.1 Å². The normalized spacial score (nSPS) is 12.3. The van der Waals surface area contributed by atoms with Gasteiger partial charge >= 0.3 is 5.69 Å². The first-order valence-electron chi connectivity index (χ1n) is 8.66. The Morgan fingerprint density at radius 3 is 2.52 bits per heavy atom. The van der Waals surface area contributed by atoms with Crippen LogP contribution in [0.25, 0.3) is 22.4 Å². The van der Waals surface area contributed by atoms with E-state index in [9.17, 15) is 9.59 Å². The lowest BCUT2D eigenvalue weighted by molar-refractivity contribution is 0.416. The highest BCUT2D eigenvalue weighted by molar-refractivity contribution is 8.00. The van der Waals surface area contributed by atoms with E-state index in [-0.39, 0.29) is 10.8 Å². The van der Waals surface area contributed by atoms with E-state index in [1.54, 1.807) is 14.2 Å². The van der Waals surface area contributed by atoms with Crippen LogP contribution in [0.2, 0.25) is 0 Å². The van der Waals surface area contributed by atoms with Gasteiger partial charge in [0.25, 0.3) is 5.56 Å². The Morgan fingerprint density at radius 1 is 1.15 bits per heavy atom. The number of benzene rings is 1. The third-order valence-corrected chi connectivity index (χ3v) is 5.76. The molecule has 27 heavy (non-hydrogen) atoms. The first-order chi connectivity index (χ1) is 12.9. The second-order valence-corrected chi connectivity index (χ2v) is 7.72. The van der Waals surface area contributed by atoms with E-state index in [1.165, 1.54) is 23.4 Å². The molecule has 8 heteroatoms. The van der Waals surface area contributed by atoms with Crippen molar-refractivity contribution in [2.75, 3.05) is 7.11 Å². The van der Waals surface area contributed by atoms with Crippen LogP contribution in [0.1, 0.15) is 20.3 Å². The van der Waals surface area contributed by atoms with Crippen molar-refractivity contribution in [1.29, 1.82) is 0 Å². The van der Waals surface area contributed by atoms with Gasteiger partial charge in [-0.25, -0.2) is 14.8 Å². The van der Waals surface area contributed by atoms with Crippen molar-refractivity contribution >= 4 is 22.8 Å².